The van der Waals surface area contributed by atoms with Gasteiger partial charge in [0.15, 0.2) is 0 Å². The van der Waals surface area contributed by atoms with Crippen LogP contribution in [-0.2, 0) is 10.0 Å². The number of aromatic nitrogens is 4. The number of hydrogen-bond donors (Lipinski definition) is 3. The molecule has 4 aromatic rings. The van der Waals surface area contributed by atoms with Gasteiger partial charge in [0.2, 0.25) is 16.0 Å². The fraction of sp³-hybridized carbons (Fsp3) is 0.333. The van der Waals surface area contributed by atoms with Gasteiger partial charge in [-0.15, -0.1) is 0 Å². The molecule has 1 saturated heterocycles. The summed E-state index contributed by atoms with van der Waals surface area (Å²) in [6.45, 7) is 2.12. The van der Waals surface area contributed by atoms with Crippen molar-refractivity contribution in [1.82, 2.24) is 29.1 Å². The molecule has 0 atom stereocenters. The SMILES string of the molecule is O=C(Nc1ccccc1)c1cc2cnc(Nc3ccc(S(=O)(=O)N4CCNCC4)cn3)nc2n1C1CCCC1. The lowest BCUT2D eigenvalue weighted by atomic mass is 10.2. The van der Waals surface area contributed by atoms with Gasteiger partial charge in [-0.25, -0.2) is 18.4 Å². The zero-order chi connectivity index (χ0) is 26.8. The molecule has 2 fully saturated rings. The highest BCUT2D eigenvalue weighted by molar-refractivity contribution is 7.89. The van der Waals surface area contributed by atoms with E-state index in [0.29, 0.717) is 49.3 Å². The molecule has 0 unspecified atom stereocenters. The van der Waals surface area contributed by atoms with Gasteiger partial charge in [-0.3, -0.25) is 4.79 Å². The van der Waals surface area contributed by atoms with Crippen LogP contribution in [0.5, 0.6) is 0 Å². The first-order chi connectivity index (χ1) is 19.0. The molecule has 6 rings (SSSR count). The minimum atomic E-state index is -3.59. The molecule has 3 N–H and O–H groups in total. The Morgan fingerprint density at radius 3 is 2.46 bits per heavy atom. The number of anilines is 3. The van der Waals surface area contributed by atoms with Crippen molar-refractivity contribution in [3.8, 4) is 0 Å². The first-order valence-electron chi connectivity index (χ1n) is 13.2. The van der Waals surface area contributed by atoms with Crippen LogP contribution in [0, 0.1) is 0 Å². The van der Waals surface area contributed by atoms with Crippen molar-refractivity contribution < 1.29 is 13.2 Å². The molecule has 0 radical (unpaired) electrons. The van der Waals surface area contributed by atoms with Crippen molar-refractivity contribution in [2.75, 3.05) is 36.8 Å². The third-order valence-electron chi connectivity index (χ3n) is 7.22. The summed E-state index contributed by atoms with van der Waals surface area (Å²) in [5.74, 6) is 0.554. The molecule has 2 aliphatic rings. The number of rotatable bonds is 7. The summed E-state index contributed by atoms with van der Waals surface area (Å²) in [5, 5.41) is 10.0. The summed E-state index contributed by atoms with van der Waals surface area (Å²) in [6.07, 6.45) is 7.21. The lowest BCUT2D eigenvalue weighted by Gasteiger charge is -2.26. The van der Waals surface area contributed by atoms with Gasteiger partial charge in [0, 0.05) is 55.7 Å². The second kappa shape index (κ2) is 10.7. The van der Waals surface area contributed by atoms with Crippen LogP contribution in [0.1, 0.15) is 42.2 Å². The summed E-state index contributed by atoms with van der Waals surface area (Å²) in [4.78, 5) is 27.0. The molecule has 1 aliphatic heterocycles. The fourth-order valence-electron chi connectivity index (χ4n) is 5.25. The Morgan fingerprint density at radius 2 is 1.74 bits per heavy atom. The number of carbonyl (C=O) groups excluding carboxylic acids is 1. The molecule has 3 aromatic heterocycles. The minimum absolute atomic E-state index is 0.149. The van der Waals surface area contributed by atoms with E-state index in [-0.39, 0.29) is 16.8 Å². The van der Waals surface area contributed by atoms with E-state index in [1.807, 2.05) is 41.0 Å². The summed E-state index contributed by atoms with van der Waals surface area (Å²) < 4.78 is 29.3. The van der Waals surface area contributed by atoms with Crippen molar-refractivity contribution in [3.05, 3.63) is 66.6 Å². The maximum atomic E-state index is 13.3. The second-order valence-electron chi connectivity index (χ2n) is 9.79. The summed E-state index contributed by atoms with van der Waals surface area (Å²) >= 11 is 0. The minimum Gasteiger partial charge on any atom is -0.321 e. The van der Waals surface area contributed by atoms with Crippen molar-refractivity contribution >= 4 is 44.4 Å². The van der Waals surface area contributed by atoms with Crippen LogP contribution in [0.3, 0.4) is 0 Å². The van der Waals surface area contributed by atoms with Crippen molar-refractivity contribution in [1.29, 1.82) is 0 Å². The Bertz CT molecular complexity index is 1580. The van der Waals surface area contributed by atoms with Crippen LogP contribution < -0.4 is 16.0 Å². The molecule has 0 spiro atoms. The van der Waals surface area contributed by atoms with Crippen molar-refractivity contribution in [2.45, 2.75) is 36.6 Å². The number of benzene rings is 1. The Morgan fingerprint density at radius 1 is 0.974 bits per heavy atom. The summed E-state index contributed by atoms with van der Waals surface area (Å²) in [5.41, 5.74) is 1.95. The van der Waals surface area contributed by atoms with E-state index in [4.69, 9.17) is 4.98 Å². The van der Waals surface area contributed by atoms with Crippen molar-refractivity contribution in [3.63, 3.8) is 0 Å². The molecule has 1 aliphatic carbocycles. The number of fused-ring (bicyclic) bond motifs is 1. The van der Waals surface area contributed by atoms with E-state index in [9.17, 15) is 13.2 Å². The highest BCUT2D eigenvalue weighted by Crippen LogP contribution is 2.35. The monoisotopic (exact) mass is 546 g/mol. The number of para-hydroxylation sites is 1. The van der Waals surface area contributed by atoms with Gasteiger partial charge < -0.3 is 20.5 Å². The Kier molecular flexibility index (Phi) is 6.98. The Balaban J connectivity index is 1.27. The van der Waals surface area contributed by atoms with Gasteiger partial charge in [-0.1, -0.05) is 31.0 Å². The van der Waals surface area contributed by atoms with Crippen molar-refractivity contribution in [2.24, 2.45) is 0 Å². The normalized spacial score (nSPS) is 16.9. The molecule has 1 aromatic carbocycles. The fourth-order valence-corrected chi connectivity index (χ4v) is 6.63. The molecule has 0 bridgehead atoms. The molecule has 1 saturated carbocycles. The molecule has 1 amide bonds. The van der Waals surface area contributed by atoms with Gasteiger partial charge in [-0.05, 0) is 43.2 Å². The quantitative estimate of drug-likeness (QED) is 0.321. The molecule has 4 heterocycles. The maximum absolute atomic E-state index is 13.3. The molecule has 202 valence electrons. The first kappa shape index (κ1) is 25.4. The third-order valence-corrected chi connectivity index (χ3v) is 9.10. The highest BCUT2D eigenvalue weighted by Gasteiger charge is 2.27. The number of amides is 1. The van der Waals surface area contributed by atoms with Gasteiger partial charge in [0.1, 0.15) is 22.1 Å². The average Bonchev–Trinajstić information content (AvgIpc) is 3.62. The van der Waals surface area contributed by atoms with E-state index in [2.05, 4.69) is 25.9 Å². The lowest BCUT2D eigenvalue weighted by Crippen LogP contribution is -2.46. The standard InChI is InChI=1S/C27H30N8O3S/c36-26(31-20-6-2-1-3-7-20)23-16-19-17-30-27(33-25(19)35(23)21-8-4-5-9-21)32-24-11-10-22(18-29-24)39(37,38)34-14-12-28-13-15-34/h1-3,6-7,10-11,16-18,21,28H,4-5,8-9,12-15H2,(H,31,36)(H,29,30,32,33). The number of piperazine rings is 1. The number of nitrogens with zero attached hydrogens (tertiary/aromatic N) is 5. The zero-order valence-electron chi connectivity index (χ0n) is 21.4. The molecule has 12 heteroatoms. The Hall–Kier alpha value is -3.87. The van der Waals surface area contributed by atoms with E-state index >= 15 is 0 Å². The largest absolute Gasteiger partial charge is 0.321 e. The third kappa shape index (κ3) is 5.22. The topological polar surface area (TPSA) is 134 Å². The Labute approximate surface area is 226 Å². The zero-order valence-corrected chi connectivity index (χ0v) is 22.2. The number of carbonyl (C=O) groups is 1. The average molecular weight is 547 g/mol. The van der Waals surface area contributed by atoms with Crippen LogP contribution in [0.15, 0.2) is 65.8 Å². The second-order valence-corrected chi connectivity index (χ2v) is 11.7. The van der Waals surface area contributed by atoms with Gasteiger partial charge >= 0.3 is 0 Å². The van der Waals surface area contributed by atoms with E-state index in [1.54, 1.807) is 18.3 Å². The van der Waals surface area contributed by atoms with Crippen LogP contribution in [0.2, 0.25) is 0 Å². The van der Waals surface area contributed by atoms with Crippen LogP contribution in [0.25, 0.3) is 11.0 Å². The molecular weight excluding hydrogens is 516 g/mol. The van der Waals surface area contributed by atoms with E-state index in [0.717, 1.165) is 36.8 Å². The van der Waals surface area contributed by atoms with E-state index in [1.165, 1.54) is 10.5 Å². The van der Waals surface area contributed by atoms with Crippen LogP contribution in [-0.4, -0.2) is 64.3 Å². The van der Waals surface area contributed by atoms with Crippen LogP contribution >= 0.6 is 0 Å². The lowest BCUT2D eigenvalue weighted by molar-refractivity contribution is 0.101. The predicted molar refractivity (Wildman–Crippen MR) is 149 cm³/mol. The predicted octanol–water partition coefficient (Wildman–Crippen LogP) is 3.53. The number of nitrogens with one attached hydrogen (secondary N) is 3. The highest BCUT2D eigenvalue weighted by atomic mass is 32.2. The molecule has 11 nitrogen and oxygen atoms in total. The smallest absolute Gasteiger partial charge is 0.272 e. The number of pyridine rings is 1. The van der Waals surface area contributed by atoms with Crippen LogP contribution in [0.4, 0.5) is 17.5 Å². The number of hydrogen-bond acceptors (Lipinski definition) is 8. The number of sulfonamides is 1. The van der Waals surface area contributed by atoms with E-state index < -0.39 is 10.0 Å². The summed E-state index contributed by atoms with van der Waals surface area (Å²) in [7, 11) is -3.59. The van der Waals surface area contributed by atoms with Gasteiger partial charge in [0.05, 0.1) is 0 Å². The van der Waals surface area contributed by atoms with Gasteiger partial charge in [0.25, 0.3) is 5.91 Å². The summed E-state index contributed by atoms with van der Waals surface area (Å²) in [6, 6.07) is 14.5. The first-order valence-corrected chi connectivity index (χ1v) is 14.6. The molecule has 39 heavy (non-hydrogen) atoms. The van der Waals surface area contributed by atoms with Gasteiger partial charge in [-0.2, -0.15) is 9.29 Å². The molecular formula is C27H30N8O3S. The maximum Gasteiger partial charge on any atom is 0.272 e.